The summed E-state index contributed by atoms with van der Waals surface area (Å²) in [5.74, 6) is 1.09. The van der Waals surface area contributed by atoms with Crippen molar-refractivity contribution in [3.8, 4) is 0 Å². The molecule has 1 rings (SSSR count). The van der Waals surface area contributed by atoms with Gasteiger partial charge in [0.2, 0.25) is 0 Å². The molecule has 0 aliphatic heterocycles. The molecule has 0 aromatic heterocycles. The van der Waals surface area contributed by atoms with Crippen LogP contribution in [0.3, 0.4) is 0 Å². The van der Waals surface area contributed by atoms with E-state index in [1.165, 1.54) is 56.3 Å². The number of benzene rings is 1. The van der Waals surface area contributed by atoms with Gasteiger partial charge in [0.05, 0.1) is 5.02 Å². The summed E-state index contributed by atoms with van der Waals surface area (Å²) in [7, 11) is 2.07. The largest absolute Gasteiger partial charge is 0.316 e. The molecule has 0 aliphatic carbocycles. The Morgan fingerprint density at radius 2 is 1.71 bits per heavy atom. The zero-order chi connectivity index (χ0) is 15.3. The summed E-state index contributed by atoms with van der Waals surface area (Å²) in [6.07, 6.45) is 10.9. The van der Waals surface area contributed by atoms with Crippen LogP contribution in [0.25, 0.3) is 0 Å². The van der Waals surface area contributed by atoms with Crippen molar-refractivity contribution in [3.05, 3.63) is 29.3 Å². The average Bonchev–Trinajstić information content (AvgIpc) is 2.51. The van der Waals surface area contributed by atoms with E-state index in [0.717, 1.165) is 10.8 Å². The fraction of sp³-hybridized carbons (Fsp3) is 0.667. The van der Waals surface area contributed by atoms with Crippen LogP contribution in [0.5, 0.6) is 0 Å². The third-order valence-electron chi connectivity index (χ3n) is 3.84. The lowest BCUT2D eigenvalue weighted by Gasteiger charge is -2.16. The maximum Gasteiger partial charge on any atom is 0.0541 e. The number of unbranched alkanes of at least 4 members (excludes halogenated alkanes) is 6. The van der Waals surface area contributed by atoms with Crippen LogP contribution in [0.2, 0.25) is 5.02 Å². The number of nitrogens with one attached hydrogen (secondary N) is 1. The minimum Gasteiger partial charge on any atom is -0.316 e. The summed E-state index contributed by atoms with van der Waals surface area (Å²) >= 11 is 8.06. The lowest BCUT2D eigenvalue weighted by atomic mass is 10.1. The Morgan fingerprint density at radius 3 is 2.38 bits per heavy atom. The van der Waals surface area contributed by atoms with Gasteiger partial charge >= 0.3 is 0 Å². The molecule has 0 amide bonds. The van der Waals surface area contributed by atoms with Gasteiger partial charge in [-0.25, -0.2) is 0 Å². The molecule has 0 radical (unpaired) electrons. The lowest BCUT2D eigenvalue weighted by molar-refractivity contribution is 0.511. The van der Waals surface area contributed by atoms with Gasteiger partial charge in [0.25, 0.3) is 0 Å². The summed E-state index contributed by atoms with van der Waals surface area (Å²) in [5.41, 5.74) is 0. The fourth-order valence-electron chi connectivity index (χ4n) is 2.41. The Balaban J connectivity index is 2.13. The van der Waals surface area contributed by atoms with Crippen LogP contribution in [-0.4, -0.2) is 18.8 Å². The highest BCUT2D eigenvalue weighted by Gasteiger charge is 2.08. The fourth-order valence-corrected chi connectivity index (χ4v) is 3.81. The first kappa shape index (κ1) is 18.9. The highest BCUT2D eigenvalue weighted by atomic mass is 35.5. The molecule has 0 saturated heterocycles. The molecule has 0 saturated carbocycles. The third-order valence-corrected chi connectivity index (χ3v) is 5.52. The van der Waals surface area contributed by atoms with Crippen LogP contribution in [0, 0.1) is 0 Å². The minimum absolute atomic E-state index is 0.585. The number of thioether (sulfide) groups is 1. The number of halogens is 1. The van der Waals surface area contributed by atoms with E-state index in [0.29, 0.717) is 6.04 Å². The molecule has 0 spiro atoms. The van der Waals surface area contributed by atoms with Crippen molar-refractivity contribution in [2.24, 2.45) is 0 Å². The summed E-state index contributed by atoms with van der Waals surface area (Å²) in [6, 6.07) is 8.70. The van der Waals surface area contributed by atoms with Crippen molar-refractivity contribution >= 4 is 23.4 Å². The molecule has 0 heterocycles. The molecule has 1 aromatic carbocycles. The molecule has 1 atom stereocenters. The first-order valence-electron chi connectivity index (χ1n) is 8.32. The first-order valence-corrected chi connectivity index (χ1v) is 9.68. The van der Waals surface area contributed by atoms with Crippen molar-refractivity contribution < 1.29 is 0 Å². The Kier molecular flexibility index (Phi) is 11.1. The van der Waals surface area contributed by atoms with Gasteiger partial charge in [-0.2, -0.15) is 0 Å². The zero-order valence-corrected chi connectivity index (χ0v) is 15.1. The highest BCUT2D eigenvalue weighted by molar-refractivity contribution is 7.99. The summed E-state index contributed by atoms with van der Waals surface area (Å²) in [4.78, 5) is 1.19. The van der Waals surface area contributed by atoms with Crippen molar-refractivity contribution in [2.75, 3.05) is 12.8 Å². The monoisotopic (exact) mass is 327 g/mol. The number of rotatable bonds is 12. The molecule has 0 aliphatic rings. The quantitative estimate of drug-likeness (QED) is 0.364. The first-order chi connectivity index (χ1) is 10.3. The van der Waals surface area contributed by atoms with Gasteiger partial charge < -0.3 is 5.32 Å². The second kappa shape index (κ2) is 12.4. The maximum absolute atomic E-state index is 6.20. The van der Waals surface area contributed by atoms with Crippen LogP contribution in [0.15, 0.2) is 29.2 Å². The molecule has 0 bridgehead atoms. The highest BCUT2D eigenvalue weighted by Crippen LogP contribution is 2.27. The van der Waals surface area contributed by atoms with E-state index >= 15 is 0 Å². The lowest BCUT2D eigenvalue weighted by Crippen LogP contribution is -2.27. The zero-order valence-electron chi connectivity index (χ0n) is 13.5. The van der Waals surface area contributed by atoms with E-state index < -0.39 is 0 Å². The maximum atomic E-state index is 6.20. The Hall–Kier alpha value is -0.180. The summed E-state index contributed by atoms with van der Waals surface area (Å²) in [5, 5.41) is 4.31. The Morgan fingerprint density at radius 1 is 1.05 bits per heavy atom. The van der Waals surface area contributed by atoms with Crippen molar-refractivity contribution in [3.63, 3.8) is 0 Å². The van der Waals surface area contributed by atoms with Gasteiger partial charge in [0.1, 0.15) is 0 Å². The predicted octanol–water partition coefficient (Wildman–Crippen LogP) is 6.16. The Bertz CT molecular complexity index is 370. The molecule has 1 N–H and O–H groups in total. The van der Waals surface area contributed by atoms with E-state index in [2.05, 4.69) is 31.4 Å². The number of hydrogen-bond donors (Lipinski definition) is 1. The van der Waals surface area contributed by atoms with Gasteiger partial charge in [-0.05, 0) is 25.6 Å². The molecule has 120 valence electrons. The SMILES string of the molecule is CCCCCCCCCC(CSc1ccccc1Cl)NC. The van der Waals surface area contributed by atoms with Gasteiger partial charge in [0, 0.05) is 16.7 Å². The molecular formula is C18H30ClNS. The topological polar surface area (TPSA) is 12.0 Å². The molecular weight excluding hydrogens is 298 g/mol. The van der Waals surface area contributed by atoms with E-state index in [9.17, 15) is 0 Å². The van der Waals surface area contributed by atoms with Crippen molar-refractivity contribution in [2.45, 2.75) is 69.2 Å². The average molecular weight is 328 g/mol. The summed E-state index contributed by atoms with van der Waals surface area (Å²) in [6.45, 7) is 2.27. The number of hydrogen-bond acceptors (Lipinski definition) is 2. The molecule has 21 heavy (non-hydrogen) atoms. The summed E-state index contributed by atoms with van der Waals surface area (Å²) < 4.78 is 0. The molecule has 1 unspecified atom stereocenters. The normalized spacial score (nSPS) is 12.5. The van der Waals surface area contributed by atoms with Crippen LogP contribution in [0.1, 0.15) is 58.3 Å². The third kappa shape index (κ3) is 8.75. The molecule has 0 fully saturated rings. The second-order valence-electron chi connectivity index (χ2n) is 5.64. The van der Waals surface area contributed by atoms with Gasteiger partial charge in [-0.3, -0.25) is 0 Å². The van der Waals surface area contributed by atoms with Crippen molar-refractivity contribution in [1.82, 2.24) is 5.32 Å². The van der Waals surface area contributed by atoms with E-state index in [1.54, 1.807) is 0 Å². The van der Waals surface area contributed by atoms with Crippen LogP contribution in [-0.2, 0) is 0 Å². The smallest absolute Gasteiger partial charge is 0.0541 e. The van der Waals surface area contributed by atoms with Crippen LogP contribution in [0.4, 0.5) is 0 Å². The molecule has 3 heteroatoms. The molecule has 1 aromatic rings. The van der Waals surface area contributed by atoms with E-state index in [1.807, 2.05) is 23.9 Å². The van der Waals surface area contributed by atoms with Gasteiger partial charge in [-0.15, -0.1) is 11.8 Å². The van der Waals surface area contributed by atoms with Crippen LogP contribution >= 0.6 is 23.4 Å². The Labute approximate surface area is 140 Å². The molecule has 1 nitrogen and oxygen atoms in total. The second-order valence-corrected chi connectivity index (χ2v) is 7.11. The van der Waals surface area contributed by atoms with Gasteiger partial charge in [0.15, 0.2) is 0 Å². The minimum atomic E-state index is 0.585. The van der Waals surface area contributed by atoms with Crippen LogP contribution < -0.4 is 5.32 Å². The predicted molar refractivity (Wildman–Crippen MR) is 97.6 cm³/mol. The van der Waals surface area contributed by atoms with Crippen molar-refractivity contribution in [1.29, 1.82) is 0 Å². The van der Waals surface area contributed by atoms with Gasteiger partial charge in [-0.1, -0.05) is 75.6 Å². The van der Waals surface area contributed by atoms with E-state index in [-0.39, 0.29) is 0 Å². The standard InChI is InChI=1S/C18H30ClNS/c1-3-4-5-6-7-8-9-12-16(20-2)15-21-18-14-11-10-13-17(18)19/h10-11,13-14,16,20H,3-9,12,15H2,1-2H3. The van der Waals surface area contributed by atoms with E-state index in [4.69, 9.17) is 11.6 Å².